The van der Waals surface area contributed by atoms with E-state index in [2.05, 4.69) is 20.5 Å². The predicted octanol–water partition coefficient (Wildman–Crippen LogP) is 0.606. The van der Waals surface area contributed by atoms with Gasteiger partial charge in [-0.05, 0) is 17.7 Å². The van der Waals surface area contributed by atoms with Crippen molar-refractivity contribution in [2.75, 3.05) is 0 Å². The number of nitrogens with zero attached hydrogens (tertiary/aromatic N) is 3. The first-order valence-corrected chi connectivity index (χ1v) is 4.92. The number of benzene rings is 1. The summed E-state index contributed by atoms with van der Waals surface area (Å²) in [5.74, 6) is -0.134. The largest absolute Gasteiger partial charge is 0.345 e. The summed E-state index contributed by atoms with van der Waals surface area (Å²) in [4.78, 5) is 15.2. The van der Waals surface area contributed by atoms with E-state index in [9.17, 15) is 4.79 Å². The Morgan fingerprint density at radius 2 is 2.18 bits per heavy atom. The molecule has 0 saturated carbocycles. The van der Waals surface area contributed by atoms with Crippen LogP contribution >= 0.6 is 0 Å². The maximum atomic E-state index is 11.5. The fourth-order valence-corrected chi connectivity index (χ4v) is 1.28. The first kappa shape index (κ1) is 10.8. The van der Waals surface area contributed by atoms with Crippen LogP contribution in [0, 0.1) is 11.3 Å². The highest BCUT2D eigenvalue weighted by Crippen LogP contribution is 2.02. The van der Waals surface area contributed by atoms with Crippen molar-refractivity contribution in [1.29, 1.82) is 5.26 Å². The molecule has 0 unspecified atom stereocenters. The molecule has 6 nitrogen and oxygen atoms in total. The Labute approximate surface area is 97.3 Å². The highest BCUT2D eigenvalue weighted by Gasteiger charge is 2.07. The third-order valence-corrected chi connectivity index (χ3v) is 2.17. The average Bonchev–Trinajstić information content (AvgIpc) is 2.90. The minimum atomic E-state index is -0.313. The van der Waals surface area contributed by atoms with E-state index < -0.39 is 0 Å². The van der Waals surface area contributed by atoms with Crippen molar-refractivity contribution < 1.29 is 4.79 Å². The lowest BCUT2D eigenvalue weighted by atomic mass is 10.1. The van der Waals surface area contributed by atoms with E-state index in [1.807, 2.05) is 6.07 Å². The lowest BCUT2D eigenvalue weighted by Crippen LogP contribution is -2.23. The maximum absolute atomic E-state index is 11.5. The number of nitriles is 1. The van der Waals surface area contributed by atoms with E-state index in [0.29, 0.717) is 12.1 Å². The Balaban J connectivity index is 1.94. The molecule has 2 rings (SSSR count). The summed E-state index contributed by atoms with van der Waals surface area (Å²) in [7, 11) is 0. The second kappa shape index (κ2) is 4.90. The van der Waals surface area contributed by atoms with Crippen LogP contribution in [0.4, 0.5) is 0 Å². The van der Waals surface area contributed by atoms with Crippen LogP contribution in [-0.4, -0.2) is 21.1 Å². The van der Waals surface area contributed by atoms with Gasteiger partial charge in [0.1, 0.15) is 6.33 Å². The van der Waals surface area contributed by atoms with Crippen LogP contribution in [0.15, 0.2) is 30.6 Å². The Hall–Kier alpha value is -2.68. The quantitative estimate of drug-likeness (QED) is 0.803. The molecule has 2 N–H and O–H groups in total. The molecule has 0 saturated heterocycles. The number of H-pyrrole nitrogens is 1. The van der Waals surface area contributed by atoms with Gasteiger partial charge in [-0.1, -0.05) is 12.1 Å². The molecule has 2 aromatic rings. The molecule has 1 heterocycles. The molecule has 6 heteroatoms. The van der Waals surface area contributed by atoms with Crippen LogP contribution in [0.1, 0.15) is 21.7 Å². The summed E-state index contributed by atoms with van der Waals surface area (Å²) in [5.41, 5.74) is 1.51. The molecule has 0 spiro atoms. The van der Waals surface area contributed by atoms with Crippen molar-refractivity contribution in [2.24, 2.45) is 0 Å². The molecule has 1 amide bonds. The molecule has 1 aromatic carbocycles. The second-order valence-corrected chi connectivity index (χ2v) is 3.33. The Bertz CT molecular complexity index is 538. The molecule has 0 aliphatic rings. The Morgan fingerprint density at radius 3 is 2.76 bits per heavy atom. The number of amides is 1. The molecular formula is C11H9N5O. The summed E-state index contributed by atoms with van der Waals surface area (Å²) >= 11 is 0. The van der Waals surface area contributed by atoms with Gasteiger partial charge in [-0.2, -0.15) is 10.4 Å². The molecule has 17 heavy (non-hydrogen) atoms. The molecule has 1 aromatic heterocycles. The molecule has 0 atom stereocenters. The third kappa shape index (κ3) is 2.66. The summed E-state index contributed by atoms with van der Waals surface area (Å²) in [5, 5.41) is 17.4. The summed E-state index contributed by atoms with van der Waals surface area (Å²) in [6.07, 6.45) is 1.27. The van der Waals surface area contributed by atoms with E-state index in [4.69, 9.17) is 5.26 Å². The van der Waals surface area contributed by atoms with Gasteiger partial charge in [0.25, 0.3) is 5.91 Å². The monoisotopic (exact) mass is 227 g/mol. The van der Waals surface area contributed by atoms with E-state index in [0.717, 1.165) is 5.56 Å². The lowest BCUT2D eigenvalue weighted by molar-refractivity contribution is 0.0941. The smallest absolute Gasteiger partial charge is 0.288 e. The van der Waals surface area contributed by atoms with Crippen LogP contribution in [0.25, 0.3) is 0 Å². The van der Waals surface area contributed by atoms with Crippen LogP contribution in [0.5, 0.6) is 0 Å². The number of carbonyl (C=O) groups excluding carboxylic acids is 1. The SMILES string of the molecule is N#Cc1ccc(CNC(=O)c2ncn[nH]2)cc1. The van der Waals surface area contributed by atoms with Crippen molar-refractivity contribution in [2.45, 2.75) is 6.54 Å². The zero-order valence-electron chi connectivity index (χ0n) is 8.84. The van der Waals surface area contributed by atoms with Gasteiger partial charge in [0.05, 0.1) is 11.6 Å². The second-order valence-electron chi connectivity index (χ2n) is 3.33. The van der Waals surface area contributed by atoms with Crippen molar-refractivity contribution >= 4 is 5.91 Å². The normalized spacial score (nSPS) is 9.59. The van der Waals surface area contributed by atoms with Crippen molar-refractivity contribution in [1.82, 2.24) is 20.5 Å². The molecular weight excluding hydrogens is 218 g/mol. The van der Waals surface area contributed by atoms with Crippen molar-refractivity contribution in [3.05, 3.63) is 47.5 Å². The molecule has 0 aliphatic heterocycles. The Morgan fingerprint density at radius 1 is 1.41 bits per heavy atom. The number of nitrogens with one attached hydrogen (secondary N) is 2. The standard InChI is InChI=1S/C11H9N5O/c12-5-8-1-3-9(4-2-8)6-13-11(17)10-14-7-15-16-10/h1-4,7H,6H2,(H,13,17)(H,14,15,16). The van der Waals surface area contributed by atoms with Gasteiger partial charge < -0.3 is 5.32 Å². The summed E-state index contributed by atoms with van der Waals surface area (Å²) < 4.78 is 0. The van der Waals surface area contributed by atoms with Crippen molar-refractivity contribution in [3.8, 4) is 6.07 Å². The van der Waals surface area contributed by atoms with Crippen LogP contribution < -0.4 is 5.32 Å². The van der Waals surface area contributed by atoms with Gasteiger partial charge in [0, 0.05) is 6.54 Å². The van der Waals surface area contributed by atoms with Crippen LogP contribution in [0.2, 0.25) is 0 Å². The van der Waals surface area contributed by atoms with Gasteiger partial charge in [-0.3, -0.25) is 9.89 Å². The topological polar surface area (TPSA) is 94.5 Å². The zero-order valence-corrected chi connectivity index (χ0v) is 8.84. The molecule has 0 bridgehead atoms. The van der Waals surface area contributed by atoms with Gasteiger partial charge in [-0.25, -0.2) is 4.98 Å². The molecule has 0 aliphatic carbocycles. The number of hydrogen-bond donors (Lipinski definition) is 2. The number of rotatable bonds is 3. The highest BCUT2D eigenvalue weighted by molar-refractivity contribution is 5.90. The fourth-order valence-electron chi connectivity index (χ4n) is 1.28. The maximum Gasteiger partial charge on any atom is 0.288 e. The van der Waals surface area contributed by atoms with Gasteiger partial charge in [0.15, 0.2) is 0 Å². The minimum Gasteiger partial charge on any atom is -0.345 e. The summed E-state index contributed by atoms with van der Waals surface area (Å²) in [6, 6.07) is 9.02. The van der Waals surface area contributed by atoms with E-state index in [1.54, 1.807) is 24.3 Å². The minimum absolute atomic E-state index is 0.179. The predicted molar refractivity (Wildman–Crippen MR) is 58.7 cm³/mol. The number of aromatic amines is 1. The number of hydrogen-bond acceptors (Lipinski definition) is 4. The third-order valence-electron chi connectivity index (χ3n) is 2.17. The molecule has 0 radical (unpaired) electrons. The average molecular weight is 227 g/mol. The summed E-state index contributed by atoms with van der Waals surface area (Å²) in [6.45, 7) is 0.380. The van der Waals surface area contributed by atoms with Crippen LogP contribution in [0.3, 0.4) is 0 Å². The first-order valence-electron chi connectivity index (χ1n) is 4.92. The lowest BCUT2D eigenvalue weighted by Gasteiger charge is -2.02. The van der Waals surface area contributed by atoms with E-state index in [1.165, 1.54) is 6.33 Å². The number of carbonyl (C=O) groups is 1. The highest BCUT2D eigenvalue weighted by atomic mass is 16.2. The van der Waals surface area contributed by atoms with Crippen LogP contribution in [-0.2, 0) is 6.54 Å². The number of aromatic nitrogens is 3. The van der Waals surface area contributed by atoms with E-state index in [-0.39, 0.29) is 11.7 Å². The zero-order chi connectivity index (χ0) is 12.1. The molecule has 0 fully saturated rings. The van der Waals surface area contributed by atoms with Gasteiger partial charge >= 0.3 is 0 Å². The van der Waals surface area contributed by atoms with Gasteiger partial charge in [-0.15, -0.1) is 0 Å². The van der Waals surface area contributed by atoms with Crippen molar-refractivity contribution in [3.63, 3.8) is 0 Å². The fraction of sp³-hybridized carbons (Fsp3) is 0.0909. The first-order chi connectivity index (χ1) is 8.29. The molecule has 84 valence electrons. The van der Waals surface area contributed by atoms with Gasteiger partial charge in [0.2, 0.25) is 5.82 Å². The Kier molecular flexibility index (Phi) is 3.12. The van der Waals surface area contributed by atoms with E-state index >= 15 is 0 Å².